The number of ether oxygens (including phenoxy) is 2. The number of fused-ring (bicyclic) bond motifs is 1. The number of rotatable bonds is 6. The van der Waals surface area contributed by atoms with Crippen LogP contribution in [0, 0.1) is 0 Å². The van der Waals surface area contributed by atoms with Crippen molar-refractivity contribution in [1.82, 2.24) is 14.8 Å². The van der Waals surface area contributed by atoms with Gasteiger partial charge in [-0.1, -0.05) is 12.5 Å². The summed E-state index contributed by atoms with van der Waals surface area (Å²) in [6, 6.07) is 6.52. The molecule has 0 N–H and O–H groups in total. The lowest BCUT2D eigenvalue weighted by Crippen LogP contribution is -2.53. The number of likely N-dealkylation sites (tertiary alicyclic amines) is 1. The molecule has 25 heavy (non-hydrogen) atoms. The molecule has 1 saturated carbocycles. The fourth-order valence-electron chi connectivity index (χ4n) is 4.58. The van der Waals surface area contributed by atoms with Crippen molar-refractivity contribution in [3.63, 3.8) is 0 Å². The average Bonchev–Trinajstić information content (AvgIpc) is 3.10. The van der Waals surface area contributed by atoms with Gasteiger partial charge in [0.25, 0.3) is 0 Å². The highest BCUT2D eigenvalue weighted by Crippen LogP contribution is 2.32. The lowest BCUT2D eigenvalue weighted by atomic mass is 10.1. The molecule has 3 fully saturated rings. The summed E-state index contributed by atoms with van der Waals surface area (Å²) in [7, 11) is 0. The standard InChI is InChI=1S/C20H31N3O2/c1-4-10-22(11-5-1)12-13-23-14-15-24-20-18(23)7-8-19(20)25-16-17-6-2-3-9-21-17/h2-3,6,9,18-20H,1,4-5,7-8,10-16H2/t18-,19-,20+/m0/s1. The lowest BCUT2D eigenvalue weighted by molar-refractivity contribution is -0.118. The van der Waals surface area contributed by atoms with Crippen molar-refractivity contribution in [2.75, 3.05) is 39.3 Å². The average molecular weight is 345 g/mol. The molecule has 2 aliphatic heterocycles. The molecule has 0 amide bonds. The van der Waals surface area contributed by atoms with Gasteiger partial charge in [0.2, 0.25) is 0 Å². The zero-order chi connectivity index (χ0) is 16.9. The monoisotopic (exact) mass is 345 g/mol. The first-order valence-electron chi connectivity index (χ1n) is 10.00. The highest BCUT2D eigenvalue weighted by molar-refractivity contribution is 5.03. The molecule has 0 unspecified atom stereocenters. The van der Waals surface area contributed by atoms with Gasteiger partial charge in [-0.05, 0) is 50.9 Å². The number of hydrogen-bond donors (Lipinski definition) is 0. The predicted octanol–water partition coefficient (Wildman–Crippen LogP) is 2.32. The molecule has 0 aromatic carbocycles. The Morgan fingerprint density at radius 2 is 2.00 bits per heavy atom. The van der Waals surface area contributed by atoms with E-state index in [1.807, 2.05) is 24.4 Å². The fraction of sp³-hybridized carbons (Fsp3) is 0.750. The van der Waals surface area contributed by atoms with Crippen LogP contribution in [0.2, 0.25) is 0 Å². The summed E-state index contributed by atoms with van der Waals surface area (Å²) in [6.45, 7) is 7.46. The summed E-state index contributed by atoms with van der Waals surface area (Å²) in [4.78, 5) is 9.65. The second-order valence-electron chi connectivity index (χ2n) is 7.59. The number of piperidine rings is 1. The molecule has 1 aromatic heterocycles. The van der Waals surface area contributed by atoms with Crippen LogP contribution in [0.15, 0.2) is 24.4 Å². The Morgan fingerprint density at radius 1 is 1.08 bits per heavy atom. The Labute approximate surface area is 151 Å². The quantitative estimate of drug-likeness (QED) is 0.791. The highest BCUT2D eigenvalue weighted by Gasteiger charge is 2.43. The van der Waals surface area contributed by atoms with E-state index >= 15 is 0 Å². The van der Waals surface area contributed by atoms with E-state index in [0.717, 1.165) is 25.3 Å². The van der Waals surface area contributed by atoms with Gasteiger partial charge in [-0.3, -0.25) is 9.88 Å². The Kier molecular flexibility index (Phi) is 5.98. The fourth-order valence-corrected chi connectivity index (χ4v) is 4.58. The van der Waals surface area contributed by atoms with Gasteiger partial charge >= 0.3 is 0 Å². The first-order valence-corrected chi connectivity index (χ1v) is 10.00. The summed E-state index contributed by atoms with van der Waals surface area (Å²) < 4.78 is 12.3. The van der Waals surface area contributed by atoms with Crippen LogP contribution in [0.1, 0.15) is 37.8 Å². The maximum Gasteiger partial charge on any atom is 0.0992 e. The molecular formula is C20H31N3O2. The minimum atomic E-state index is 0.213. The molecular weight excluding hydrogens is 314 g/mol. The van der Waals surface area contributed by atoms with Gasteiger partial charge in [-0.25, -0.2) is 0 Å². The van der Waals surface area contributed by atoms with Crippen molar-refractivity contribution < 1.29 is 9.47 Å². The van der Waals surface area contributed by atoms with Crippen LogP contribution < -0.4 is 0 Å². The van der Waals surface area contributed by atoms with Gasteiger partial charge < -0.3 is 14.4 Å². The van der Waals surface area contributed by atoms with Gasteiger partial charge in [-0.15, -0.1) is 0 Å². The predicted molar refractivity (Wildman–Crippen MR) is 97.4 cm³/mol. The van der Waals surface area contributed by atoms with Crippen LogP contribution in [0.5, 0.6) is 0 Å². The first kappa shape index (κ1) is 17.4. The van der Waals surface area contributed by atoms with Crippen molar-refractivity contribution in [3.8, 4) is 0 Å². The number of morpholine rings is 1. The van der Waals surface area contributed by atoms with E-state index in [2.05, 4.69) is 14.8 Å². The van der Waals surface area contributed by atoms with Crippen molar-refractivity contribution in [1.29, 1.82) is 0 Å². The number of nitrogens with zero attached hydrogens (tertiary/aromatic N) is 3. The van der Waals surface area contributed by atoms with Crippen LogP contribution >= 0.6 is 0 Å². The van der Waals surface area contributed by atoms with Crippen LogP contribution in [0.25, 0.3) is 0 Å². The van der Waals surface area contributed by atoms with Gasteiger partial charge in [0.15, 0.2) is 0 Å². The minimum Gasteiger partial charge on any atom is -0.373 e. The highest BCUT2D eigenvalue weighted by atomic mass is 16.5. The lowest BCUT2D eigenvalue weighted by Gasteiger charge is -2.40. The van der Waals surface area contributed by atoms with Crippen LogP contribution in [-0.4, -0.2) is 72.4 Å². The van der Waals surface area contributed by atoms with Crippen LogP contribution in [0.4, 0.5) is 0 Å². The van der Waals surface area contributed by atoms with Crippen molar-refractivity contribution in [3.05, 3.63) is 30.1 Å². The van der Waals surface area contributed by atoms with E-state index < -0.39 is 0 Å². The Hall–Kier alpha value is -1.01. The van der Waals surface area contributed by atoms with Gasteiger partial charge in [0.1, 0.15) is 0 Å². The minimum absolute atomic E-state index is 0.213. The Bertz CT molecular complexity index is 521. The largest absolute Gasteiger partial charge is 0.373 e. The third-order valence-electron chi connectivity index (χ3n) is 5.97. The SMILES string of the molecule is c1ccc(CO[C@H]2CC[C@H]3[C@H]2OCCN3CCN2CCCCC2)nc1. The maximum absolute atomic E-state index is 6.18. The molecule has 0 spiro atoms. The molecule has 1 aromatic rings. The first-order chi connectivity index (χ1) is 12.4. The van der Waals surface area contributed by atoms with E-state index in [-0.39, 0.29) is 12.2 Å². The van der Waals surface area contributed by atoms with E-state index in [9.17, 15) is 0 Å². The van der Waals surface area contributed by atoms with Crippen molar-refractivity contribution in [2.45, 2.75) is 57.0 Å². The normalized spacial score (nSPS) is 31.1. The zero-order valence-corrected chi connectivity index (χ0v) is 15.2. The van der Waals surface area contributed by atoms with Crippen molar-refractivity contribution in [2.24, 2.45) is 0 Å². The molecule has 3 atom stereocenters. The number of aromatic nitrogens is 1. The third-order valence-corrected chi connectivity index (χ3v) is 5.97. The smallest absolute Gasteiger partial charge is 0.0992 e. The summed E-state index contributed by atoms with van der Waals surface area (Å²) >= 11 is 0. The summed E-state index contributed by atoms with van der Waals surface area (Å²) in [5.41, 5.74) is 1.00. The van der Waals surface area contributed by atoms with Gasteiger partial charge in [0.05, 0.1) is 31.1 Å². The van der Waals surface area contributed by atoms with E-state index in [1.165, 1.54) is 51.9 Å². The molecule has 5 nitrogen and oxygen atoms in total. The summed E-state index contributed by atoms with van der Waals surface area (Å²) in [6.07, 6.45) is 8.73. The maximum atomic E-state index is 6.18. The Morgan fingerprint density at radius 3 is 2.84 bits per heavy atom. The topological polar surface area (TPSA) is 37.8 Å². The van der Waals surface area contributed by atoms with Crippen molar-refractivity contribution >= 4 is 0 Å². The van der Waals surface area contributed by atoms with Gasteiger partial charge in [-0.2, -0.15) is 0 Å². The second-order valence-corrected chi connectivity index (χ2v) is 7.59. The molecule has 0 bridgehead atoms. The number of hydrogen-bond acceptors (Lipinski definition) is 5. The van der Waals surface area contributed by atoms with Crippen LogP contribution in [-0.2, 0) is 16.1 Å². The molecule has 3 heterocycles. The van der Waals surface area contributed by atoms with Crippen LogP contribution in [0.3, 0.4) is 0 Å². The molecule has 4 rings (SSSR count). The molecule has 3 aliphatic rings. The summed E-state index contributed by atoms with van der Waals surface area (Å²) in [5.74, 6) is 0. The zero-order valence-electron chi connectivity index (χ0n) is 15.2. The van der Waals surface area contributed by atoms with E-state index in [0.29, 0.717) is 12.6 Å². The second kappa shape index (κ2) is 8.58. The molecule has 138 valence electrons. The number of pyridine rings is 1. The van der Waals surface area contributed by atoms with E-state index in [4.69, 9.17) is 9.47 Å². The summed E-state index contributed by atoms with van der Waals surface area (Å²) in [5, 5.41) is 0. The Balaban J connectivity index is 1.27. The third kappa shape index (κ3) is 4.40. The molecule has 0 radical (unpaired) electrons. The van der Waals surface area contributed by atoms with E-state index in [1.54, 1.807) is 0 Å². The molecule has 5 heteroatoms. The molecule has 2 saturated heterocycles. The molecule has 1 aliphatic carbocycles. The van der Waals surface area contributed by atoms with Gasteiger partial charge in [0, 0.05) is 31.9 Å².